The summed E-state index contributed by atoms with van der Waals surface area (Å²) in [6.45, 7) is 6.99. The number of benzene rings is 5. The van der Waals surface area contributed by atoms with Gasteiger partial charge in [0.25, 0.3) is 0 Å². The summed E-state index contributed by atoms with van der Waals surface area (Å²) in [4.78, 5) is 2.35. The van der Waals surface area contributed by atoms with Crippen LogP contribution in [0.4, 0.5) is 5.69 Å². The minimum Gasteiger partial charge on any atom is -0.472 e. The molecule has 0 amide bonds. The SMILES string of the molecule is CCN(CC)c1ccc2c(c1)Oc1ccccc1C21Oc2ccccc2-c2c1c1ccccc1n2Cc1ccccc1. The number of nitrogens with zero attached hydrogens (tertiary/aromatic N) is 2. The van der Waals surface area contributed by atoms with E-state index >= 15 is 0 Å². The van der Waals surface area contributed by atoms with Crippen molar-refractivity contribution in [3.63, 3.8) is 0 Å². The van der Waals surface area contributed by atoms with E-state index in [1.165, 1.54) is 27.7 Å². The summed E-state index contributed by atoms with van der Waals surface area (Å²) in [5, 5.41) is 1.19. The highest BCUT2D eigenvalue weighted by Gasteiger charge is 2.52. The number of hydrogen-bond acceptors (Lipinski definition) is 3. The maximum absolute atomic E-state index is 7.36. The van der Waals surface area contributed by atoms with Crippen molar-refractivity contribution in [3.8, 4) is 28.5 Å². The topological polar surface area (TPSA) is 26.6 Å². The van der Waals surface area contributed by atoms with Crippen molar-refractivity contribution in [2.45, 2.75) is 26.0 Å². The smallest absolute Gasteiger partial charge is 0.194 e. The van der Waals surface area contributed by atoms with E-state index in [2.05, 4.69) is 139 Å². The first kappa shape index (κ1) is 24.8. The predicted molar refractivity (Wildman–Crippen MR) is 170 cm³/mol. The Balaban J connectivity index is 1.50. The molecule has 0 aliphatic carbocycles. The normalized spacial score (nSPS) is 16.1. The Morgan fingerprint density at radius 3 is 2.19 bits per heavy atom. The van der Waals surface area contributed by atoms with E-state index in [-0.39, 0.29) is 0 Å². The van der Waals surface area contributed by atoms with Gasteiger partial charge in [-0.25, -0.2) is 0 Å². The van der Waals surface area contributed by atoms with Crippen molar-refractivity contribution in [3.05, 3.63) is 144 Å². The van der Waals surface area contributed by atoms with Gasteiger partial charge in [-0.15, -0.1) is 0 Å². The number of rotatable bonds is 5. The number of ether oxygens (including phenoxy) is 2. The van der Waals surface area contributed by atoms with Crippen molar-refractivity contribution < 1.29 is 9.47 Å². The lowest BCUT2D eigenvalue weighted by Crippen LogP contribution is -2.41. The van der Waals surface area contributed by atoms with Crippen LogP contribution < -0.4 is 14.4 Å². The van der Waals surface area contributed by atoms with Crippen LogP contribution in [0, 0.1) is 0 Å². The molecular formula is C38H32N2O2. The van der Waals surface area contributed by atoms with Gasteiger partial charge in [0, 0.05) is 64.5 Å². The summed E-state index contributed by atoms with van der Waals surface area (Å²) < 4.78 is 16.5. The van der Waals surface area contributed by atoms with Crippen LogP contribution in [0.2, 0.25) is 0 Å². The van der Waals surface area contributed by atoms with Crippen LogP contribution in [0.25, 0.3) is 22.2 Å². The van der Waals surface area contributed by atoms with E-state index in [0.717, 1.165) is 59.3 Å². The molecule has 1 spiro atoms. The van der Waals surface area contributed by atoms with Gasteiger partial charge in [-0.05, 0) is 55.8 Å². The molecule has 0 saturated carbocycles. The molecule has 42 heavy (non-hydrogen) atoms. The van der Waals surface area contributed by atoms with Crippen LogP contribution in [-0.2, 0) is 12.1 Å². The fourth-order valence-corrected chi connectivity index (χ4v) is 7.00. The Morgan fingerprint density at radius 2 is 1.36 bits per heavy atom. The standard InChI is InChI=1S/C38H32N2O2/c1-3-39(4-2)27-22-23-31-35(24-27)41-34-21-13-10-18-30(34)38(31)36-28-16-8-11-19-32(28)40(25-26-14-6-5-7-15-26)37(36)29-17-9-12-20-33(29)42-38/h5-24H,3-4,25H2,1-2H3. The molecule has 0 fully saturated rings. The first-order valence-corrected chi connectivity index (χ1v) is 14.8. The first-order chi connectivity index (χ1) is 20.7. The van der Waals surface area contributed by atoms with Gasteiger partial charge < -0.3 is 18.9 Å². The molecule has 5 aromatic carbocycles. The molecule has 4 nitrogen and oxygen atoms in total. The lowest BCUT2D eigenvalue weighted by Gasteiger charge is -2.44. The van der Waals surface area contributed by atoms with Gasteiger partial charge in [-0.2, -0.15) is 0 Å². The summed E-state index contributed by atoms with van der Waals surface area (Å²) in [5.41, 5.74) is 8.22. The van der Waals surface area contributed by atoms with Gasteiger partial charge in [-0.1, -0.05) is 78.9 Å². The third-order valence-electron chi connectivity index (χ3n) is 8.87. The van der Waals surface area contributed by atoms with Gasteiger partial charge in [0.15, 0.2) is 5.60 Å². The van der Waals surface area contributed by atoms with E-state index in [1.807, 2.05) is 6.07 Å². The molecule has 3 heterocycles. The van der Waals surface area contributed by atoms with E-state index in [0.29, 0.717) is 0 Å². The molecule has 1 atom stereocenters. The molecule has 4 heteroatoms. The molecule has 0 N–H and O–H groups in total. The second kappa shape index (κ2) is 9.56. The van der Waals surface area contributed by atoms with E-state index in [9.17, 15) is 0 Å². The van der Waals surface area contributed by atoms with Crippen molar-refractivity contribution in [2.75, 3.05) is 18.0 Å². The van der Waals surface area contributed by atoms with E-state index in [4.69, 9.17) is 9.47 Å². The molecule has 2 aliphatic heterocycles. The average Bonchev–Trinajstić information content (AvgIpc) is 3.37. The average molecular weight is 549 g/mol. The molecule has 206 valence electrons. The monoisotopic (exact) mass is 548 g/mol. The molecule has 1 unspecified atom stereocenters. The maximum atomic E-state index is 7.36. The molecular weight excluding hydrogens is 516 g/mol. The molecule has 1 aromatic heterocycles. The minimum absolute atomic E-state index is 0.757. The van der Waals surface area contributed by atoms with Gasteiger partial charge in [-0.3, -0.25) is 0 Å². The van der Waals surface area contributed by atoms with Gasteiger partial charge >= 0.3 is 0 Å². The minimum atomic E-state index is -0.892. The fraction of sp³-hybridized carbons (Fsp3) is 0.158. The Kier molecular flexibility index (Phi) is 5.65. The molecule has 8 rings (SSSR count). The van der Waals surface area contributed by atoms with E-state index < -0.39 is 5.60 Å². The highest BCUT2D eigenvalue weighted by atomic mass is 16.5. The lowest BCUT2D eigenvalue weighted by molar-refractivity contribution is 0.139. The molecule has 0 saturated heterocycles. The number of hydrogen-bond donors (Lipinski definition) is 0. The number of anilines is 1. The van der Waals surface area contributed by atoms with E-state index in [1.54, 1.807) is 0 Å². The van der Waals surface area contributed by atoms with Crippen LogP contribution in [-0.4, -0.2) is 17.7 Å². The Labute approximate surface area is 246 Å². The number of para-hydroxylation sites is 3. The van der Waals surface area contributed by atoms with Crippen LogP contribution in [0.15, 0.2) is 121 Å². The molecule has 0 radical (unpaired) electrons. The van der Waals surface area contributed by atoms with Crippen LogP contribution in [0.1, 0.15) is 36.1 Å². The lowest BCUT2D eigenvalue weighted by atomic mass is 9.74. The van der Waals surface area contributed by atoms with Crippen molar-refractivity contribution >= 4 is 16.6 Å². The molecule has 0 bridgehead atoms. The Bertz CT molecular complexity index is 1950. The van der Waals surface area contributed by atoms with Gasteiger partial charge in [0.1, 0.15) is 17.2 Å². The van der Waals surface area contributed by atoms with Crippen LogP contribution in [0.3, 0.4) is 0 Å². The maximum Gasteiger partial charge on any atom is 0.194 e. The summed E-state index contributed by atoms with van der Waals surface area (Å²) in [6, 6.07) is 42.9. The predicted octanol–water partition coefficient (Wildman–Crippen LogP) is 8.99. The van der Waals surface area contributed by atoms with Gasteiger partial charge in [0.2, 0.25) is 0 Å². The quantitative estimate of drug-likeness (QED) is 0.215. The van der Waals surface area contributed by atoms with Crippen molar-refractivity contribution in [2.24, 2.45) is 0 Å². The third kappa shape index (κ3) is 3.48. The second-order valence-corrected chi connectivity index (χ2v) is 11.0. The molecule has 6 aromatic rings. The zero-order valence-electron chi connectivity index (χ0n) is 23.9. The van der Waals surface area contributed by atoms with Crippen LogP contribution in [0.5, 0.6) is 17.2 Å². The first-order valence-electron chi connectivity index (χ1n) is 14.8. The molecule has 2 aliphatic rings. The number of aromatic nitrogens is 1. The summed E-state index contributed by atoms with van der Waals surface area (Å²) in [7, 11) is 0. The highest BCUT2D eigenvalue weighted by Crippen LogP contribution is 2.60. The zero-order valence-corrected chi connectivity index (χ0v) is 23.9. The van der Waals surface area contributed by atoms with Crippen LogP contribution >= 0.6 is 0 Å². The Hall–Kier alpha value is -4.96. The Morgan fingerprint density at radius 1 is 0.667 bits per heavy atom. The zero-order chi connectivity index (χ0) is 28.3. The third-order valence-corrected chi connectivity index (χ3v) is 8.87. The summed E-state index contributed by atoms with van der Waals surface area (Å²) in [6.07, 6.45) is 0. The van der Waals surface area contributed by atoms with Crippen molar-refractivity contribution in [1.29, 1.82) is 0 Å². The summed E-state index contributed by atoms with van der Waals surface area (Å²) in [5.74, 6) is 2.54. The second-order valence-electron chi connectivity index (χ2n) is 11.0. The number of fused-ring (bicyclic) bond motifs is 10. The summed E-state index contributed by atoms with van der Waals surface area (Å²) >= 11 is 0. The van der Waals surface area contributed by atoms with Gasteiger partial charge in [0.05, 0.1) is 5.69 Å². The fourth-order valence-electron chi connectivity index (χ4n) is 7.00. The largest absolute Gasteiger partial charge is 0.472 e. The highest BCUT2D eigenvalue weighted by molar-refractivity contribution is 5.97. The van der Waals surface area contributed by atoms with Crippen molar-refractivity contribution in [1.82, 2.24) is 4.57 Å².